The zero-order chi connectivity index (χ0) is 20.1. The number of benzene rings is 2. The summed E-state index contributed by atoms with van der Waals surface area (Å²) in [5, 5.41) is 3.39. The molecule has 0 atom stereocenters. The number of fused-ring (bicyclic) bond motifs is 1. The van der Waals surface area contributed by atoms with E-state index in [0.717, 1.165) is 11.8 Å². The van der Waals surface area contributed by atoms with Crippen molar-refractivity contribution in [3.63, 3.8) is 0 Å². The molecule has 1 aromatic heterocycles. The average molecular weight is 395 g/mol. The van der Waals surface area contributed by atoms with E-state index in [1.54, 1.807) is 53.1 Å². The predicted octanol–water partition coefficient (Wildman–Crippen LogP) is 3.10. The number of rotatable bonds is 6. The van der Waals surface area contributed by atoms with Crippen molar-refractivity contribution in [3.8, 4) is 0 Å². The molecule has 7 heteroatoms. The molecule has 1 heterocycles. The molecule has 28 heavy (non-hydrogen) atoms. The van der Waals surface area contributed by atoms with Crippen LogP contribution < -0.4 is 10.9 Å². The second kappa shape index (κ2) is 8.84. The van der Waals surface area contributed by atoms with Crippen molar-refractivity contribution in [1.29, 1.82) is 0 Å². The van der Waals surface area contributed by atoms with Crippen molar-refractivity contribution in [1.82, 2.24) is 14.9 Å². The Morgan fingerprint density at radius 3 is 2.46 bits per heavy atom. The molecule has 0 aliphatic rings. The number of carbonyl (C=O) groups excluding carboxylic acids is 2. The quantitative estimate of drug-likeness (QED) is 0.512. The van der Waals surface area contributed by atoms with Gasteiger partial charge in [0.25, 0.3) is 11.5 Å². The second-order valence-corrected chi connectivity index (χ2v) is 7.70. The number of carbonyl (C=O) groups is 2. The maximum atomic E-state index is 12.8. The predicted molar refractivity (Wildman–Crippen MR) is 110 cm³/mol. The normalized spacial score (nSPS) is 11.0. The third kappa shape index (κ3) is 4.67. The van der Waals surface area contributed by atoms with Crippen LogP contribution in [0.5, 0.6) is 0 Å². The van der Waals surface area contributed by atoms with Crippen LogP contribution in [0.15, 0.2) is 64.5 Å². The maximum Gasteiger partial charge on any atom is 0.262 e. The zero-order valence-corrected chi connectivity index (χ0v) is 16.5. The summed E-state index contributed by atoms with van der Waals surface area (Å²) in [6, 6.07) is 15.7. The van der Waals surface area contributed by atoms with Crippen LogP contribution in [0.2, 0.25) is 0 Å². The smallest absolute Gasteiger partial charge is 0.262 e. The molecule has 1 N–H and O–H groups in total. The Morgan fingerprint density at radius 2 is 1.75 bits per heavy atom. The Morgan fingerprint density at radius 1 is 1.07 bits per heavy atom. The van der Waals surface area contributed by atoms with Crippen LogP contribution in [0.4, 0.5) is 0 Å². The van der Waals surface area contributed by atoms with E-state index in [0.29, 0.717) is 28.2 Å². The summed E-state index contributed by atoms with van der Waals surface area (Å²) in [4.78, 5) is 41.7. The molecule has 0 aliphatic carbocycles. The van der Waals surface area contributed by atoms with E-state index in [2.05, 4.69) is 10.3 Å². The van der Waals surface area contributed by atoms with Gasteiger partial charge in [0.2, 0.25) is 5.91 Å². The van der Waals surface area contributed by atoms with Crippen LogP contribution in [0.25, 0.3) is 10.9 Å². The van der Waals surface area contributed by atoms with E-state index >= 15 is 0 Å². The summed E-state index contributed by atoms with van der Waals surface area (Å²) in [7, 11) is 0. The van der Waals surface area contributed by atoms with E-state index in [9.17, 15) is 14.4 Å². The molecule has 2 aromatic carbocycles. The summed E-state index contributed by atoms with van der Waals surface area (Å²) in [5.41, 5.74) is 0.889. The highest BCUT2D eigenvalue weighted by molar-refractivity contribution is 7.99. The first kappa shape index (κ1) is 19.8. The minimum absolute atomic E-state index is 0.0125. The van der Waals surface area contributed by atoms with E-state index in [1.165, 1.54) is 0 Å². The highest BCUT2D eigenvalue weighted by atomic mass is 32.2. The lowest BCUT2D eigenvalue weighted by molar-refractivity contribution is -0.117. The van der Waals surface area contributed by atoms with Crippen LogP contribution in [-0.2, 0) is 11.3 Å². The Hall–Kier alpha value is -2.93. The highest BCUT2D eigenvalue weighted by Crippen LogP contribution is 2.18. The SMILES string of the molecule is CC(C)Cn1c(SCC(=O)NC(=O)c2ccccc2)nc2ccccc2c1=O. The van der Waals surface area contributed by atoms with Crippen LogP contribution in [0.1, 0.15) is 24.2 Å². The number of nitrogens with one attached hydrogen (secondary N) is 1. The van der Waals surface area contributed by atoms with Gasteiger partial charge < -0.3 is 0 Å². The fourth-order valence-corrected chi connectivity index (χ4v) is 3.55. The standard InChI is InChI=1S/C21H21N3O3S/c1-14(2)12-24-20(27)16-10-6-7-11-17(16)22-21(24)28-13-18(25)23-19(26)15-8-4-3-5-9-15/h3-11,14H,12-13H2,1-2H3,(H,23,25,26). The highest BCUT2D eigenvalue weighted by Gasteiger charge is 2.15. The van der Waals surface area contributed by atoms with E-state index in [1.807, 2.05) is 19.9 Å². The zero-order valence-electron chi connectivity index (χ0n) is 15.7. The monoisotopic (exact) mass is 395 g/mol. The van der Waals surface area contributed by atoms with Gasteiger partial charge in [0.15, 0.2) is 5.16 Å². The fraction of sp³-hybridized carbons (Fsp3) is 0.238. The van der Waals surface area contributed by atoms with Gasteiger partial charge in [-0.3, -0.25) is 24.3 Å². The van der Waals surface area contributed by atoms with Crippen molar-refractivity contribution < 1.29 is 9.59 Å². The number of aromatic nitrogens is 2. The van der Waals surface area contributed by atoms with Gasteiger partial charge >= 0.3 is 0 Å². The lowest BCUT2D eigenvalue weighted by atomic mass is 10.2. The van der Waals surface area contributed by atoms with Gasteiger partial charge in [0.1, 0.15) is 0 Å². The van der Waals surface area contributed by atoms with Gasteiger partial charge in [0, 0.05) is 12.1 Å². The molecule has 3 rings (SSSR count). The van der Waals surface area contributed by atoms with Crippen LogP contribution >= 0.6 is 11.8 Å². The van der Waals surface area contributed by atoms with Gasteiger partial charge in [-0.25, -0.2) is 4.98 Å². The number of thioether (sulfide) groups is 1. The van der Waals surface area contributed by atoms with Crippen LogP contribution in [0.3, 0.4) is 0 Å². The Bertz CT molecular complexity index is 1060. The van der Waals surface area contributed by atoms with Gasteiger partial charge in [0.05, 0.1) is 16.7 Å². The van der Waals surface area contributed by atoms with Crippen LogP contribution in [-0.4, -0.2) is 27.1 Å². The summed E-state index contributed by atoms with van der Waals surface area (Å²) in [6.07, 6.45) is 0. The Balaban J connectivity index is 1.78. The minimum atomic E-state index is -0.447. The van der Waals surface area contributed by atoms with Crippen molar-refractivity contribution in [3.05, 3.63) is 70.5 Å². The first-order valence-corrected chi connectivity index (χ1v) is 9.96. The molecule has 0 saturated carbocycles. The molecule has 0 radical (unpaired) electrons. The molecule has 6 nitrogen and oxygen atoms in total. The number of hydrogen-bond acceptors (Lipinski definition) is 5. The van der Waals surface area contributed by atoms with E-state index in [4.69, 9.17) is 0 Å². The molecule has 3 aromatic rings. The Kier molecular flexibility index (Phi) is 6.26. The number of nitrogens with zero attached hydrogens (tertiary/aromatic N) is 2. The third-order valence-electron chi connectivity index (χ3n) is 4.00. The molecule has 0 spiro atoms. The lowest BCUT2D eigenvalue weighted by Crippen LogP contribution is -2.32. The number of para-hydroxylation sites is 1. The van der Waals surface area contributed by atoms with Crippen molar-refractivity contribution in [2.45, 2.75) is 25.5 Å². The molecule has 0 saturated heterocycles. The molecule has 0 unspecified atom stereocenters. The topological polar surface area (TPSA) is 81.1 Å². The molecule has 0 aliphatic heterocycles. The van der Waals surface area contributed by atoms with E-state index in [-0.39, 0.29) is 17.2 Å². The van der Waals surface area contributed by atoms with Gasteiger partial charge in [-0.1, -0.05) is 55.9 Å². The summed E-state index contributed by atoms with van der Waals surface area (Å²) in [5.74, 6) is -0.648. The summed E-state index contributed by atoms with van der Waals surface area (Å²) >= 11 is 1.15. The van der Waals surface area contributed by atoms with Crippen molar-refractivity contribution >= 4 is 34.5 Å². The molecular weight excluding hydrogens is 374 g/mol. The number of amides is 2. The molecule has 0 bridgehead atoms. The van der Waals surface area contributed by atoms with Crippen molar-refractivity contribution in [2.24, 2.45) is 5.92 Å². The third-order valence-corrected chi connectivity index (χ3v) is 4.97. The van der Waals surface area contributed by atoms with Gasteiger partial charge in [-0.15, -0.1) is 0 Å². The minimum Gasteiger partial charge on any atom is -0.292 e. The molecule has 2 amide bonds. The van der Waals surface area contributed by atoms with Crippen molar-refractivity contribution in [2.75, 3.05) is 5.75 Å². The number of imide groups is 1. The largest absolute Gasteiger partial charge is 0.292 e. The maximum absolute atomic E-state index is 12.8. The van der Waals surface area contributed by atoms with Gasteiger partial charge in [-0.05, 0) is 30.2 Å². The fourth-order valence-electron chi connectivity index (χ4n) is 2.74. The lowest BCUT2D eigenvalue weighted by Gasteiger charge is -2.14. The summed E-state index contributed by atoms with van der Waals surface area (Å²) in [6.45, 7) is 4.53. The molecular formula is C21H21N3O3S. The number of hydrogen-bond donors (Lipinski definition) is 1. The average Bonchev–Trinajstić information content (AvgIpc) is 2.69. The second-order valence-electron chi connectivity index (χ2n) is 6.75. The van der Waals surface area contributed by atoms with Crippen LogP contribution in [0, 0.1) is 5.92 Å². The first-order chi connectivity index (χ1) is 13.5. The molecule has 0 fully saturated rings. The van der Waals surface area contributed by atoms with E-state index < -0.39 is 11.8 Å². The first-order valence-electron chi connectivity index (χ1n) is 8.97. The van der Waals surface area contributed by atoms with Gasteiger partial charge in [-0.2, -0.15) is 0 Å². The Labute approximate surface area is 167 Å². The summed E-state index contributed by atoms with van der Waals surface area (Å²) < 4.78 is 1.60. The molecule has 144 valence electrons.